The van der Waals surface area contributed by atoms with Gasteiger partial charge in [0.2, 0.25) is 18.6 Å². The van der Waals surface area contributed by atoms with E-state index < -0.39 is 59.1 Å². The quantitative estimate of drug-likeness (QED) is 0.230. The summed E-state index contributed by atoms with van der Waals surface area (Å²) in [5.41, 5.74) is 0.160. The number of alkyl carbamates (subject to hydrolysis) is 1. The van der Waals surface area contributed by atoms with Crippen LogP contribution in [0.3, 0.4) is 0 Å². The highest BCUT2D eigenvalue weighted by Crippen LogP contribution is 2.39. The van der Waals surface area contributed by atoms with Crippen LogP contribution in [0.2, 0.25) is 0 Å². The van der Waals surface area contributed by atoms with Gasteiger partial charge in [0.1, 0.15) is 40.8 Å². The van der Waals surface area contributed by atoms with Gasteiger partial charge in [-0.15, -0.1) is 0 Å². The third-order valence-electron chi connectivity index (χ3n) is 9.65. The van der Waals surface area contributed by atoms with Crippen molar-refractivity contribution in [2.75, 3.05) is 20.4 Å². The number of nitrogens with zero attached hydrogens (tertiary/aromatic N) is 2. The molecule has 3 aromatic rings. The van der Waals surface area contributed by atoms with Crippen molar-refractivity contribution in [3.63, 3.8) is 0 Å². The standard InChI is InChI=1S/C40H46N4O10/c1-8-23-13-14-40(19-23,37(47)48)43-35(45)30-17-26(20-44(30)36(46)34(22(2)3)42-38(49)54-39(4,5)6)53-32-18-28(24-9-12-31-33(15-24)52-21-51-31)41-29-16-25(50-7)10-11-27(29)32/h8-13,15-16,18,22,26,30,34H,1,14,17,19-21H2,2-7H3,(H,42,49)(H,43,45)(H,47,48)/t26-,30+,34+,40+/m1/s1. The summed E-state index contributed by atoms with van der Waals surface area (Å²) >= 11 is 0. The Labute approximate surface area is 313 Å². The number of aliphatic carboxylic acids is 1. The minimum absolute atomic E-state index is 0.0333. The highest BCUT2D eigenvalue weighted by Gasteiger charge is 2.49. The van der Waals surface area contributed by atoms with E-state index in [-0.39, 0.29) is 32.6 Å². The molecule has 1 aliphatic carbocycles. The van der Waals surface area contributed by atoms with Gasteiger partial charge in [0.15, 0.2) is 11.5 Å². The molecule has 3 amide bonds. The number of amides is 3. The van der Waals surface area contributed by atoms with E-state index in [9.17, 15) is 24.3 Å². The molecular formula is C40H46N4O10. The lowest BCUT2D eigenvalue weighted by atomic mass is 9.94. The van der Waals surface area contributed by atoms with Gasteiger partial charge in [-0.1, -0.05) is 32.6 Å². The minimum atomic E-state index is -1.61. The van der Waals surface area contributed by atoms with Crippen molar-refractivity contribution < 1.29 is 48.0 Å². The average Bonchev–Trinajstić information content (AvgIpc) is 3.88. The van der Waals surface area contributed by atoms with Crippen LogP contribution in [0.5, 0.6) is 23.0 Å². The van der Waals surface area contributed by atoms with Crippen molar-refractivity contribution in [2.24, 2.45) is 5.92 Å². The smallest absolute Gasteiger partial charge is 0.408 e. The van der Waals surface area contributed by atoms with E-state index in [0.717, 1.165) is 5.56 Å². The largest absolute Gasteiger partial charge is 0.497 e. The van der Waals surface area contributed by atoms with Gasteiger partial charge in [0, 0.05) is 42.3 Å². The molecule has 3 aliphatic rings. The van der Waals surface area contributed by atoms with Crippen LogP contribution in [0, 0.1) is 5.92 Å². The molecule has 0 unspecified atom stereocenters. The van der Waals surface area contributed by atoms with Crippen LogP contribution >= 0.6 is 0 Å². The summed E-state index contributed by atoms with van der Waals surface area (Å²) in [6, 6.07) is 10.5. The average molecular weight is 743 g/mol. The summed E-state index contributed by atoms with van der Waals surface area (Å²) in [6.45, 7) is 12.5. The lowest BCUT2D eigenvalue weighted by molar-refractivity contribution is -0.149. The number of hydrogen-bond donors (Lipinski definition) is 3. The second kappa shape index (κ2) is 14.9. The second-order valence-electron chi connectivity index (χ2n) is 15.0. The molecule has 286 valence electrons. The SMILES string of the molecule is C=CC1=CC[C@@](NC(=O)[C@@H]2C[C@@H](Oc3cc(-c4ccc5c(c4)OCO5)nc4cc(OC)ccc34)CN2C(=O)[C@@H](NC(=O)OC(C)(C)C)C(C)C)(C(=O)O)C1. The van der Waals surface area contributed by atoms with Crippen LogP contribution in [-0.4, -0.2) is 88.6 Å². The molecule has 3 N–H and O–H groups in total. The first-order chi connectivity index (χ1) is 25.6. The summed E-state index contributed by atoms with van der Waals surface area (Å²) in [5, 5.41) is 16.4. The molecule has 54 heavy (non-hydrogen) atoms. The molecule has 3 heterocycles. The number of fused-ring (bicyclic) bond motifs is 2. The van der Waals surface area contributed by atoms with E-state index >= 15 is 0 Å². The van der Waals surface area contributed by atoms with Crippen LogP contribution < -0.4 is 29.6 Å². The number of pyridine rings is 1. The second-order valence-corrected chi connectivity index (χ2v) is 15.0. The van der Waals surface area contributed by atoms with E-state index in [1.807, 2.05) is 18.2 Å². The van der Waals surface area contributed by atoms with Gasteiger partial charge in [-0.2, -0.15) is 0 Å². The summed E-state index contributed by atoms with van der Waals surface area (Å²) < 4.78 is 28.7. The molecule has 4 atom stereocenters. The summed E-state index contributed by atoms with van der Waals surface area (Å²) in [4.78, 5) is 60.3. The van der Waals surface area contributed by atoms with Crippen LogP contribution in [0.1, 0.15) is 53.9 Å². The first kappa shape index (κ1) is 38.0. The lowest BCUT2D eigenvalue weighted by Gasteiger charge is -2.33. The van der Waals surface area contributed by atoms with Crippen LogP contribution in [0.25, 0.3) is 22.2 Å². The zero-order valence-corrected chi connectivity index (χ0v) is 31.3. The zero-order chi connectivity index (χ0) is 38.9. The van der Waals surface area contributed by atoms with E-state index in [1.165, 1.54) is 4.90 Å². The first-order valence-corrected chi connectivity index (χ1v) is 17.8. The molecule has 0 spiro atoms. The van der Waals surface area contributed by atoms with E-state index in [2.05, 4.69) is 17.2 Å². The van der Waals surface area contributed by atoms with Crippen molar-refractivity contribution in [1.82, 2.24) is 20.5 Å². The molecule has 2 aliphatic heterocycles. The third-order valence-corrected chi connectivity index (χ3v) is 9.65. The Morgan fingerprint density at radius 1 is 1.09 bits per heavy atom. The molecule has 6 rings (SSSR count). The highest BCUT2D eigenvalue weighted by molar-refractivity contribution is 5.95. The van der Waals surface area contributed by atoms with Crippen molar-refractivity contribution in [2.45, 2.75) is 83.2 Å². The molecule has 14 heteroatoms. The maximum atomic E-state index is 14.4. The number of carboxylic acid groups (broad SMARTS) is 1. The van der Waals surface area contributed by atoms with E-state index in [0.29, 0.717) is 45.2 Å². The fraction of sp³-hybridized carbons (Fsp3) is 0.425. The number of hydrogen-bond acceptors (Lipinski definition) is 10. The van der Waals surface area contributed by atoms with Gasteiger partial charge in [-0.3, -0.25) is 9.59 Å². The third kappa shape index (κ3) is 7.92. The normalized spacial score (nSPS) is 21.0. The number of carbonyl (C=O) groups is 4. The van der Waals surface area contributed by atoms with Crippen molar-refractivity contribution in [3.8, 4) is 34.3 Å². The molecule has 1 aromatic heterocycles. The Kier molecular flexibility index (Phi) is 10.5. The maximum absolute atomic E-state index is 14.4. The number of rotatable bonds is 11. The predicted octanol–water partition coefficient (Wildman–Crippen LogP) is 5.38. The minimum Gasteiger partial charge on any atom is -0.497 e. The molecule has 0 saturated carbocycles. The van der Waals surface area contributed by atoms with Crippen molar-refractivity contribution in [1.29, 1.82) is 0 Å². The number of benzene rings is 2. The Balaban J connectivity index is 1.34. The number of aromatic nitrogens is 1. The Hall–Kier alpha value is -5.79. The molecule has 1 saturated heterocycles. The summed E-state index contributed by atoms with van der Waals surface area (Å²) in [6.07, 6.45) is 1.92. The molecule has 0 bridgehead atoms. The van der Waals surface area contributed by atoms with Gasteiger partial charge in [0.05, 0.1) is 24.9 Å². The zero-order valence-electron chi connectivity index (χ0n) is 31.3. The lowest BCUT2D eigenvalue weighted by Crippen LogP contribution is -2.60. The van der Waals surface area contributed by atoms with Gasteiger partial charge in [-0.25, -0.2) is 14.6 Å². The van der Waals surface area contributed by atoms with Gasteiger partial charge in [-0.05, 0) is 62.6 Å². The molecule has 14 nitrogen and oxygen atoms in total. The van der Waals surface area contributed by atoms with E-state index in [1.54, 1.807) is 78.1 Å². The van der Waals surface area contributed by atoms with Gasteiger partial charge < -0.3 is 44.3 Å². The molecule has 2 aromatic carbocycles. The fourth-order valence-corrected chi connectivity index (χ4v) is 6.87. The van der Waals surface area contributed by atoms with Crippen molar-refractivity contribution in [3.05, 3.63) is 66.8 Å². The monoisotopic (exact) mass is 742 g/mol. The molecule has 0 radical (unpaired) electrons. The van der Waals surface area contributed by atoms with Crippen LogP contribution in [0.4, 0.5) is 4.79 Å². The van der Waals surface area contributed by atoms with Gasteiger partial charge in [0.25, 0.3) is 0 Å². The molecule has 1 fully saturated rings. The van der Waals surface area contributed by atoms with Gasteiger partial charge >= 0.3 is 12.1 Å². The number of nitrogens with one attached hydrogen (secondary N) is 2. The number of likely N-dealkylation sites (tertiary alicyclic amines) is 1. The van der Waals surface area contributed by atoms with Crippen LogP contribution in [0.15, 0.2) is 66.8 Å². The van der Waals surface area contributed by atoms with E-state index in [4.69, 9.17) is 28.7 Å². The predicted molar refractivity (Wildman–Crippen MR) is 198 cm³/mol. The number of methoxy groups -OCH3 is 1. The van der Waals surface area contributed by atoms with Crippen LogP contribution in [-0.2, 0) is 19.1 Å². The number of allylic oxidation sites excluding steroid dienone is 1. The van der Waals surface area contributed by atoms with Crippen molar-refractivity contribution >= 4 is 34.8 Å². The summed E-state index contributed by atoms with van der Waals surface area (Å²) in [7, 11) is 1.56. The topological polar surface area (TPSA) is 175 Å². The number of carboxylic acids is 1. The Morgan fingerprint density at radius 3 is 2.52 bits per heavy atom. The Bertz CT molecular complexity index is 2020. The number of carbonyl (C=O) groups excluding carboxylic acids is 3. The maximum Gasteiger partial charge on any atom is 0.408 e. The highest BCUT2D eigenvalue weighted by atomic mass is 16.7. The Morgan fingerprint density at radius 2 is 1.85 bits per heavy atom. The first-order valence-electron chi connectivity index (χ1n) is 17.8. The molecular weight excluding hydrogens is 696 g/mol. The fourth-order valence-electron chi connectivity index (χ4n) is 6.87. The number of ether oxygens (including phenoxy) is 5. The summed E-state index contributed by atoms with van der Waals surface area (Å²) in [5.74, 6) is -0.544.